The third kappa shape index (κ3) is 4.91. The number of hydrazine groups is 1. The van der Waals surface area contributed by atoms with Gasteiger partial charge in [-0.2, -0.15) is 0 Å². The van der Waals surface area contributed by atoms with Gasteiger partial charge in [0, 0.05) is 19.7 Å². The molecule has 0 saturated carbocycles. The van der Waals surface area contributed by atoms with E-state index in [0.29, 0.717) is 5.57 Å². The summed E-state index contributed by atoms with van der Waals surface area (Å²) in [5.74, 6) is -0.0755. The standard InChI is InChI=1S/C9H18N2O/c1-5-6-7-8(2)9(12)10-11(3)4/h2,5-7H2,1,3-4H3,(H,10,12). The number of carbonyl (C=O) groups excluding carboxylic acids is 1. The maximum Gasteiger partial charge on any atom is 0.260 e. The van der Waals surface area contributed by atoms with Crippen molar-refractivity contribution in [2.75, 3.05) is 14.1 Å². The molecule has 0 aliphatic carbocycles. The quantitative estimate of drug-likeness (QED) is 0.498. The highest BCUT2D eigenvalue weighted by molar-refractivity contribution is 5.92. The van der Waals surface area contributed by atoms with Gasteiger partial charge in [0.25, 0.3) is 5.91 Å². The molecule has 12 heavy (non-hydrogen) atoms. The number of unbranched alkanes of at least 4 members (excludes halogenated alkanes) is 1. The lowest BCUT2D eigenvalue weighted by Gasteiger charge is -2.12. The molecule has 0 unspecified atom stereocenters. The first-order valence-corrected chi connectivity index (χ1v) is 4.24. The Morgan fingerprint density at radius 3 is 2.50 bits per heavy atom. The minimum Gasteiger partial charge on any atom is -0.286 e. The van der Waals surface area contributed by atoms with Crippen molar-refractivity contribution in [3.05, 3.63) is 12.2 Å². The monoisotopic (exact) mass is 170 g/mol. The van der Waals surface area contributed by atoms with Crippen LogP contribution in [0.4, 0.5) is 0 Å². The van der Waals surface area contributed by atoms with Gasteiger partial charge in [0.2, 0.25) is 0 Å². The lowest BCUT2D eigenvalue weighted by Crippen LogP contribution is -2.36. The summed E-state index contributed by atoms with van der Waals surface area (Å²) >= 11 is 0. The second-order valence-corrected chi connectivity index (χ2v) is 3.04. The summed E-state index contributed by atoms with van der Waals surface area (Å²) in [5, 5.41) is 1.62. The van der Waals surface area contributed by atoms with E-state index in [-0.39, 0.29) is 5.91 Å². The lowest BCUT2D eigenvalue weighted by atomic mass is 10.1. The molecule has 0 aromatic rings. The average Bonchev–Trinajstić information content (AvgIpc) is 1.98. The van der Waals surface area contributed by atoms with Crippen LogP contribution >= 0.6 is 0 Å². The van der Waals surface area contributed by atoms with Crippen molar-refractivity contribution in [3.8, 4) is 0 Å². The summed E-state index contributed by atoms with van der Waals surface area (Å²) in [6.45, 7) is 5.80. The van der Waals surface area contributed by atoms with E-state index in [1.165, 1.54) is 0 Å². The van der Waals surface area contributed by atoms with Gasteiger partial charge in [0.1, 0.15) is 0 Å². The van der Waals surface area contributed by atoms with Gasteiger partial charge in [-0.3, -0.25) is 10.2 Å². The Labute approximate surface area is 74.4 Å². The predicted molar refractivity (Wildman–Crippen MR) is 50.5 cm³/mol. The third-order valence-corrected chi connectivity index (χ3v) is 1.48. The molecule has 0 aromatic heterocycles. The van der Waals surface area contributed by atoms with Crippen LogP contribution < -0.4 is 5.43 Å². The van der Waals surface area contributed by atoms with E-state index in [9.17, 15) is 4.79 Å². The summed E-state index contributed by atoms with van der Waals surface area (Å²) in [6.07, 6.45) is 2.91. The molecule has 1 amide bonds. The van der Waals surface area contributed by atoms with Gasteiger partial charge in [-0.1, -0.05) is 19.9 Å². The largest absolute Gasteiger partial charge is 0.286 e. The van der Waals surface area contributed by atoms with E-state index in [2.05, 4.69) is 18.9 Å². The van der Waals surface area contributed by atoms with Crippen LogP contribution in [-0.4, -0.2) is 25.0 Å². The van der Waals surface area contributed by atoms with E-state index in [4.69, 9.17) is 0 Å². The molecule has 3 heteroatoms. The third-order valence-electron chi connectivity index (χ3n) is 1.48. The summed E-state index contributed by atoms with van der Waals surface area (Å²) in [6, 6.07) is 0. The second kappa shape index (κ2) is 5.77. The maximum absolute atomic E-state index is 11.2. The normalized spacial score (nSPS) is 10.0. The zero-order valence-corrected chi connectivity index (χ0v) is 8.18. The summed E-state index contributed by atoms with van der Waals surface area (Å²) < 4.78 is 0. The van der Waals surface area contributed by atoms with Crippen molar-refractivity contribution >= 4 is 5.91 Å². The first-order valence-electron chi connectivity index (χ1n) is 4.24. The van der Waals surface area contributed by atoms with Crippen LogP contribution in [0.15, 0.2) is 12.2 Å². The van der Waals surface area contributed by atoms with Crippen LogP contribution in [0.3, 0.4) is 0 Å². The molecule has 0 bridgehead atoms. The molecule has 0 saturated heterocycles. The minimum atomic E-state index is -0.0755. The Morgan fingerprint density at radius 1 is 1.50 bits per heavy atom. The molecule has 0 aliphatic heterocycles. The molecule has 0 radical (unpaired) electrons. The highest BCUT2D eigenvalue weighted by atomic mass is 16.2. The van der Waals surface area contributed by atoms with E-state index in [1.54, 1.807) is 19.1 Å². The lowest BCUT2D eigenvalue weighted by molar-refractivity contribution is -0.121. The highest BCUT2D eigenvalue weighted by Gasteiger charge is 2.05. The summed E-state index contributed by atoms with van der Waals surface area (Å²) in [5.41, 5.74) is 3.30. The minimum absolute atomic E-state index is 0.0755. The smallest absolute Gasteiger partial charge is 0.260 e. The number of hydrogen-bond acceptors (Lipinski definition) is 2. The van der Waals surface area contributed by atoms with E-state index in [0.717, 1.165) is 19.3 Å². The first-order chi connectivity index (χ1) is 5.57. The second-order valence-electron chi connectivity index (χ2n) is 3.04. The van der Waals surface area contributed by atoms with Crippen molar-refractivity contribution in [2.24, 2.45) is 0 Å². The Kier molecular flexibility index (Phi) is 5.37. The molecular weight excluding hydrogens is 152 g/mol. The molecule has 0 atom stereocenters. The number of hydrogen-bond donors (Lipinski definition) is 1. The number of rotatable bonds is 5. The predicted octanol–water partition coefficient (Wildman–Crippen LogP) is 1.33. The first kappa shape index (κ1) is 11.2. The number of carbonyl (C=O) groups is 1. The van der Waals surface area contributed by atoms with Gasteiger partial charge >= 0.3 is 0 Å². The van der Waals surface area contributed by atoms with Gasteiger partial charge < -0.3 is 0 Å². The van der Waals surface area contributed by atoms with Crippen molar-refractivity contribution < 1.29 is 4.79 Å². The molecule has 0 rings (SSSR count). The molecule has 3 nitrogen and oxygen atoms in total. The average molecular weight is 170 g/mol. The molecule has 0 aromatic carbocycles. The Hall–Kier alpha value is -0.830. The van der Waals surface area contributed by atoms with Crippen molar-refractivity contribution in [2.45, 2.75) is 26.2 Å². The molecule has 0 fully saturated rings. The van der Waals surface area contributed by atoms with E-state index >= 15 is 0 Å². The molecule has 0 heterocycles. The fourth-order valence-corrected chi connectivity index (χ4v) is 0.786. The molecule has 70 valence electrons. The van der Waals surface area contributed by atoms with E-state index in [1.807, 2.05) is 0 Å². The van der Waals surface area contributed by atoms with Crippen molar-refractivity contribution in [1.82, 2.24) is 10.4 Å². The Balaban J connectivity index is 3.70. The van der Waals surface area contributed by atoms with Gasteiger partial charge in [-0.25, -0.2) is 5.01 Å². The van der Waals surface area contributed by atoms with Crippen LogP contribution in [-0.2, 0) is 4.79 Å². The van der Waals surface area contributed by atoms with Gasteiger partial charge in [0.05, 0.1) is 0 Å². The molecule has 1 N–H and O–H groups in total. The van der Waals surface area contributed by atoms with Gasteiger partial charge in [0.15, 0.2) is 0 Å². The molecular formula is C9H18N2O. The van der Waals surface area contributed by atoms with Crippen LogP contribution in [0.2, 0.25) is 0 Å². The Morgan fingerprint density at radius 2 is 2.08 bits per heavy atom. The topological polar surface area (TPSA) is 32.3 Å². The zero-order valence-electron chi connectivity index (χ0n) is 8.18. The van der Waals surface area contributed by atoms with Gasteiger partial charge in [-0.05, 0) is 12.8 Å². The fraction of sp³-hybridized carbons (Fsp3) is 0.667. The van der Waals surface area contributed by atoms with Crippen LogP contribution in [0.1, 0.15) is 26.2 Å². The van der Waals surface area contributed by atoms with Crippen molar-refractivity contribution in [1.29, 1.82) is 0 Å². The number of nitrogens with zero attached hydrogens (tertiary/aromatic N) is 1. The Bertz CT molecular complexity index is 164. The molecule has 0 aliphatic rings. The van der Waals surface area contributed by atoms with Gasteiger partial charge in [-0.15, -0.1) is 0 Å². The number of nitrogens with one attached hydrogen (secondary N) is 1. The maximum atomic E-state index is 11.2. The molecule has 0 spiro atoms. The highest BCUT2D eigenvalue weighted by Crippen LogP contribution is 2.04. The van der Waals surface area contributed by atoms with E-state index < -0.39 is 0 Å². The van der Waals surface area contributed by atoms with Crippen LogP contribution in [0, 0.1) is 0 Å². The summed E-state index contributed by atoms with van der Waals surface area (Å²) in [4.78, 5) is 11.2. The van der Waals surface area contributed by atoms with Crippen LogP contribution in [0.5, 0.6) is 0 Å². The fourth-order valence-electron chi connectivity index (χ4n) is 0.786. The van der Waals surface area contributed by atoms with Crippen molar-refractivity contribution in [3.63, 3.8) is 0 Å². The summed E-state index contributed by atoms with van der Waals surface area (Å²) in [7, 11) is 3.57. The SMILES string of the molecule is C=C(CCCC)C(=O)NN(C)C. The van der Waals surface area contributed by atoms with Crippen LogP contribution in [0.25, 0.3) is 0 Å². The number of amides is 1. The zero-order chi connectivity index (χ0) is 9.56.